The monoisotopic (exact) mass is 557 g/mol. The molecule has 0 saturated heterocycles. The second-order valence-electron chi connectivity index (χ2n) is 8.91. The largest absolute Gasteiger partial charge is 0.508 e. The number of phenols is 2. The van der Waals surface area contributed by atoms with Crippen molar-refractivity contribution in [1.29, 1.82) is 0 Å². The van der Waals surface area contributed by atoms with Crippen molar-refractivity contribution in [3.05, 3.63) is 83.9 Å². The molecule has 3 rings (SSSR count). The Bertz CT molecular complexity index is 1150. The van der Waals surface area contributed by atoms with Crippen LogP contribution in [-0.2, 0) is 22.4 Å². The number of carbonyl (C=O) groups is 2. The minimum Gasteiger partial charge on any atom is -0.508 e. The summed E-state index contributed by atoms with van der Waals surface area (Å²) < 4.78 is 0. The van der Waals surface area contributed by atoms with Gasteiger partial charge in [0.25, 0.3) is 0 Å². The molecule has 0 radical (unpaired) electrons. The van der Waals surface area contributed by atoms with Gasteiger partial charge in [-0.05, 0) is 72.5 Å². The van der Waals surface area contributed by atoms with Crippen molar-refractivity contribution >= 4 is 46.4 Å². The van der Waals surface area contributed by atoms with E-state index in [1.807, 2.05) is 24.3 Å². The van der Waals surface area contributed by atoms with Gasteiger partial charge in [-0.25, -0.2) is 0 Å². The number of benzene rings is 3. The second kappa shape index (κ2) is 15.1. The van der Waals surface area contributed by atoms with E-state index in [4.69, 9.17) is 23.2 Å². The third kappa shape index (κ3) is 9.47. The van der Waals surface area contributed by atoms with Gasteiger partial charge in [0, 0.05) is 49.1 Å². The summed E-state index contributed by atoms with van der Waals surface area (Å²) in [4.78, 5) is 27.9. The first-order chi connectivity index (χ1) is 18.4. The fourth-order valence-corrected chi connectivity index (χ4v) is 4.43. The first kappa shape index (κ1) is 29.1. The zero-order valence-electron chi connectivity index (χ0n) is 21.1. The third-order valence-electron chi connectivity index (χ3n) is 6.04. The number of hydrogen-bond donors (Lipinski definition) is 4. The maximum atomic E-state index is 13.0. The molecule has 0 spiro atoms. The molecule has 0 bridgehead atoms. The van der Waals surface area contributed by atoms with Crippen LogP contribution in [0.25, 0.3) is 0 Å². The molecule has 0 aliphatic heterocycles. The van der Waals surface area contributed by atoms with Gasteiger partial charge in [-0.15, -0.1) is 23.2 Å². The lowest BCUT2D eigenvalue weighted by Crippen LogP contribution is -2.45. The Kier molecular flexibility index (Phi) is 11.6. The Balaban J connectivity index is 1.57. The highest BCUT2D eigenvalue weighted by molar-refractivity contribution is 6.18. The minimum absolute atomic E-state index is 0.0921. The van der Waals surface area contributed by atoms with Gasteiger partial charge in [0.05, 0.1) is 0 Å². The van der Waals surface area contributed by atoms with Gasteiger partial charge >= 0.3 is 0 Å². The molecule has 2 amide bonds. The van der Waals surface area contributed by atoms with Crippen molar-refractivity contribution in [2.45, 2.75) is 31.7 Å². The molecular weight excluding hydrogens is 525 g/mol. The number of aromatic hydroxyl groups is 2. The molecule has 7 nitrogen and oxygen atoms in total. The smallest absolute Gasteiger partial charge is 0.247 e. The van der Waals surface area contributed by atoms with Crippen molar-refractivity contribution in [3.8, 4) is 11.5 Å². The van der Waals surface area contributed by atoms with Crippen LogP contribution in [0.2, 0.25) is 0 Å². The summed E-state index contributed by atoms with van der Waals surface area (Å²) in [6.45, 7) is 1.44. The first-order valence-corrected chi connectivity index (χ1v) is 13.6. The van der Waals surface area contributed by atoms with Crippen LogP contribution in [0, 0.1) is 0 Å². The molecule has 1 unspecified atom stereocenters. The number of nitrogens with zero attached hydrogens (tertiary/aromatic N) is 1. The summed E-state index contributed by atoms with van der Waals surface area (Å²) in [6, 6.07) is 20.0. The Hall–Kier alpha value is -3.42. The van der Waals surface area contributed by atoms with Crippen LogP contribution < -0.4 is 15.5 Å². The number of phenolic OH excluding ortho intramolecular Hbond substituents is 2. The molecule has 3 aromatic rings. The number of rotatable bonds is 14. The molecule has 3 aromatic carbocycles. The van der Waals surface area contributed by atoms with Crippen molar-refractivity contribution in [1.82, 2.24) is 5.32 Å². The summed E-state index contributed by atoms with van der Waals surface area (Å²) in [7, 11) is 0. The Morgan fingerprint density at radius 2 is 1.34 bits per heavy atom. The van der Waals surface area contributed by atoms with E-state index in [2.05, 4.69) is 15.5 Å². The van der Waals surface area contributed by atoms with E-state index in [9.17, 15) is 19.8 Å². The quantitative estimate of drug-likeness (QED) is 0.164. The van der Waals surface area contributed by atoms with Crippen molar-refractivity contribution in [2.75, 3.05) is 35.1 Å². The molecular formula is C29H33Cl2N3O4. The summed E-state index contributed by atoms with van der Waals surface area (Å²) in [6.07, 6.45) is 1.88. The van der Waals surface area contributed by atoms with Gasteiger partial charge in [-0.2, -0.15) is 0 Å². The lowest BCUT2D eigenvalue weighted by atomic mass is 10.0. The predicted molar refractivity (Wildman–Crippen MR) is 154 cm³/mol. The van der Waals surface area contributed by atoms with E-state index >= 15 is 0 Å². The lowest BCUT2D eigenvalue weighted by Gasteiger charge is -2.23. The molecule has 9 heteroatoms. The minimum atomic E-state index is -0.810. The highest BCUT2D eigenvalue weighted by Gasteiger charge is 2.21. The van der Waals surface area contributed by atoms with E-state index < -0.39 is 6.04 Å². The zero-order chi connectivity index (χ0) is 27.3. The number of hydrogen-bond acceptors (Lipinski definition) is 5. The summed E-state index contributed by atoms with van der Waals surface area (Å²) in [5.74, 6) is 0.673. The molecule has 38 heavy (non-hydrogen) atoms. The maximum Gasteiger partial charge on any atom is 0.247 e. The first-order valence-electron chi connectivity index (χ1n) is 12.5. The lowest BCUT2D eigenvalue weighted by molar-refractivity contribution is -0.126. The number of alkyl halides is 2. The standard InChI is InChI=1S/C29H33Cl2N3O4/c30-16-18-34(19-17-31)24-10-4-21(5-11-24)2-1-3-28(37)33-27(20-22-6-12-25(35)13-7-22)29(38)32-23-8-14-26(36)15-9-23/h4-15,27,35-36H,1-3,16-20H2,(H,32,38)(H,33,37). The fraction of sp³-hybridized carbons (Fsp3) is 0.310. The van der Waals surface area contributed by atoms with Gasteiger partial charge < -0.3 is 25.7 Å². The average molecular weight is 559 g/mol. The zero-order valence-corrected chi connectivity index (χ0v) is 22.6. The molecule has 0 aliphatic carbocycles. The number of halogens is 2. The summed E-state index contributed by atoms with van der Waals surface area (Å²) in [5.41, 5.74) is 3.48. The summed E-state index contributed by atoms with van der Waals surface area (Å²) in [5, 5.41) is 24.7. The number of carbonyl (C=O) groups excluding carboxylic acids is 2. The molecule has 1 atom stereocenters. The van der Waals surface area contributed by atoms with Gasteiger partial charge in [0.1, 0.15) is 17.5 Å². The molecule has 0 fully saturated rings. The Labute approximate surface area is 233 Å². The van der Waals surface area contributed by atoms with Crippen molar-refractivity contribution in [2.24, 2.45) is 0 Å². The number of amides is 2. The van der Waals surface area contributed by atoms with Gasteiger partial charge in [-0.1, -0.05) is 24.3 Å². The molecule has 0 aromatic heterocycles. The van der Waals surface area contributed by atoms with Crippen LogP contribution in [0.15, 0.2) is 72.8 Å². The van der Waals surface area contributed by atoms with E-state index in [0.29, 0.717) is 23.9 Å². The SMILES string of the molecule is O=C(CCCc1ccc(N(CCCl)CCCl)cc1)NC(Cc1ccc(O)cc1)C(=O)Nc1ccc(O)cc1. The van der Waals surface area contributed by atoms with Crippen LogP contribution >= 0.6 is 23.2 Å². The Morgan fingerprint density at radius 1 is 0.789 bits per heavy atom. The normalized spacial score (nSPS) is 11.5. The van der Waals surface area contributed by atoms with Crippen LogP contribution in [0.1, 0.15) is 24.0 Å². The van der Waals surface area contributed by atoms with Crippen molar-refractivity contribution in [3.63, 3.8) is 0 Å². The number of nitrogens with one attached hydrogen (secondary N) is 2. The van der Waals surface area contributed by atoms with E-state index in [0.717, 1.165) is 36.3 Å². The maximum absolute atomic E-state index is 13.0. The number of aryl methyl sites for hydroxylation is 1. The highest BCUT2D eigenvalue weighted by atomic mass is 35.5. The van der Waals surface area contributed by atoms with Gasteiger partial charge in [-0.3, -0.25) is 9.59 Å². The van der Waals surface area contributed by atoms with Crippen LogP contribution in [0.5, 0.6) is 11.5 Å². The van der Waals surface area contributed by atoms with Crippen molar-refractivity contribution < 1.29 is 19.8 Å². The molecule has 0 heterocycles. The predicted octanol–water partition coefficient (Wildman–Crippen LogP) is 5.07. The third-order valence-corrected chi connectivity index (χ3v) is 6.38. The van der Waals surface area contributed by atoms with Crippen LogP contribution in [0.4, 0.5) is 11.4 Å². The van der Waals surface area contributed by atoms with E-state index in [1.165, 1.54) is 12.1 Å². The van der Waals surface area contributed by atoms with E-state index in [1.54, 1.807) is 36.4 Å². The van der Waals surface area contributed by atoms with Gasteiger partial charge in [0.15, 0.2) is 0 Å². The van der Waals surface area contributed by atoms with Gasteiger partial charge in [0.2, 0.25) is 11.8 Å². The second-order valence-corrected chi connectivity index (χ2v) is 9.67. The number of anilines is 2. The fourth-order valence-electron chi connectivity index (χ4n) is 4.02. The molecule has 0 saturated carbocycles. The highest BCUT2D eigenvalue weighted by Crippen LogP contribution is 2.18. The van der Waals surface area contributed by atoms with Crippen LogP contribution in [-0.4, -0.2) is 52.9 Å². The summed E-state index contributed by atoms with van der Waals surface area (Å²) >= 11 is 11.8. The average Bonchev–Trinajstić information content (AvgIpc) is 2.91. The Morgan fingerprint density at radius 3 is 1.92 bits per heavy atom. The molecule has 4 N–H and O–H groups in total. The molecule has 202 valence electrons. The molecule has 0 aliphatic rings. The van der Waals surface area contributed by atoms with E-state index in [-0.39, 0.29) is 36.2 Å². The van der Waals surface area contributed by atoms with Crippen LogP contribution in [0.3, 0.4) is 0 Å². The topological polar surface area (TPSA) is 102 Å².